The molecule has 1 unspecified atom stereocenters. The molecule has 0 amide bonds. The quantitative estimate of drug-likeness (QED) is 0.845. The Morgan fingerprint density at radius 2 is 1.88 bits per heavy atom. The molecule has 140 valence electrons. The van der Waals surface area contributed by atoms with Gasteiger partial charge in [-0.25, -0.2) is 15.0 Å². The van der Waals surface area contributed by atoms with E-state index in [4.69, 9.17) is 4.98 Å². The van der Waals surface area contributed by atoms with Crippen LogP contribution in [-0.2, 0) is 19.9 Å². The van der Waals surface area contributed by atoms with Crippen molar-refractivity contribution in [1.82, 2.24) is 24.8 Å². The van der Waals surface area contributed by atoms with Crippen LogP contribution in [0.2, 0.25) is 0 Å². The smallest absolute Gasteiger partial charge is 0.133 e. The Bertz CT molecular complexity index is 686. The van der Waals surface area contributed by atoms with E-state index in [2.05, 4.69) is 39.0 Å². The van der Waals surface area contributed by atoms with E-state index >= 15 is 0 Å². The monoisotopic (exact) mass is 386 g/mol. The zero-order chi connectivity index (χ0) is 16.4. The van der Waals surface area contributed by atoms with Crippen molar-refractivity contribution in [3.05, 3.63) is 35.3 Å². The molecule has 2 aromatic rings. The molecule has 0 radical (unpaired) electrons. The summed E-state index contributed by atoms with van der Waals surface area (Å²) in [4.78, 5) is 13.9. The van der Waals surface area contributed by atoms with Crippen LogP contribution >= 0.6 is 24.8 Å². The van der Waals surface area contributed by atoms with Crippen molar-refractivity contribution in [2.75, 3.05) is 18.4 Å². The minimum Gasteiger partial charge on any atom is -0.360 e. The summed E-state index contributed by atoms with van der Waals surface area (Å²) in [6.07, 6.45) is 5.76. The number of rotatable bonds is 4. The fourth-order valence-electron chi connectivity index (χ4n) is 3.14. The van der Waals surface area contributed by atoms with E-state index in [1.807, 2.05) is 26.4 Å². The van der Waals surface area contributed by atoms with Crippen molar-refractivity contribution in [3.8, 4) is 0 Å². The highest BCUT2D eigenvalue weighted by Crippen LogP contribution is 2.28. The van der Waals surface area contributed by atoms with Gasteiger partial charge in [0.05, 0.1) is 11.7 Å². The maximum atomic E-state index is 4.70. The lowest BCUT2D eigenvalue weighted by Crippen LogP contribution is -2.23. The summed E-state index contributed by atoms with van der Waals surface area (Å²) in [6.45, 7) is 8.34. The SMILES string of the molecule is Cc1nc2c(c(NC(c3nccn3C)C(C)C)n1)CCNCC2.Cl.Cl. The Morgan fingerprint density at radius 1 is 1.16 bits per heavy atom. The van der Waals surface area contributed by atoms with E-state index in [1.165, 1.54) is 11.3 Å². The molecule has 1 aliphatic heterocycles. The van der Waals surface area contributed by atoms with Crippen LogP contribution in [0.4, 0.5) is 5.82 Å². The fourth-order valence-corrected chi connectivity index (χ4v) is 3.14. The van der Waals surface area contributed by atoms with Gasteiger partial charge < -0.3 is 15.2 Å². The van der Waals surface area contributed by atoms with E-state index in [1.54, 1.807) is 0 Å². The van der Waals surface area contributed by atoms with Gasteiger partial charge in [-0.15, -0.1) is 24.8 Å². The first-order valence-electron chi connectivity index (χ1n) is 8.37. The lowest BCUT2D eigenvalue weighted by molar-refractivity contribution is 0.505. The van der Waals surface area contributed by atoms with Crippen LogP contribution in [0, 0.1) is 12.8 Å². The number of aromatic nitrogens is 4. The number of fused-ring (bicyclic) bond motifs is 1. The molecule has 0 bridgehead atoms. The Morgan fingerprint density at radius 3 is 2.52 bits per heavy atom. The van der Waals surface area contributed by atoms with Crippen LogP contribution in [0.15, 0.2) is 12.4 Å². The number of anilines is 1. The normalized spacial score (nSPS) is 14.8. The second kappa shape index (κ2) is 9.36. The van der Waals surface area contributed by atoms with Crippen molar-refractivity contribution in [2.24, 2.45) is 13.0 Å². The predicted molar refractivity (Wildman–Crippen MR) is 106 cm³/mol. The highest BCUT2D eigenvalue weighted by molar-refractivity contribution is 5.85. The molecule has 25 heavy (non-hydrogen) atoms. The third-order valence-corrected chi connectivity index (χ3v) is 4.39. The van der Waals surface area contributed by atoms with Crippen molar-refractivity contribution in [1.29, 1.82) is 0 Å². The number of nitrogens with one attached hydrogen (secondary N) is 2. The lowest BCUT2D eigenvalue weighted by atomic mass is 10.0. The molecule has 1 aliphatic rings. The topological polar surface area (TPSA) is 67.7 Å². The third kappa shape index (κ3) is 4.84. The molecule has 0 aliphatic carbocycles. The van der Waals surface area contributed by atoms with Gasteiger partial charge in [0.2, 0.25) is 0 Å². The summed E-state index contributed by atoms with van der Waals surface area (Å²) in [5, 5.41) is 7.10. The van der Waals surface area contributed by atoms with Crippen molar-refractivity contribution in [3.63, 3.8) is 0 Å². The molecule has 0 aromatic carbocycles. The largest absolute Gasteiger partial charge is 0.360 e. The second-order valence-electron chi connectivity index (χ2n) is 6.56. The number of imidazole rings is 1. The summed E-state index contributed by atoms with van der Waals surface area (Å²) < 4.78 is 2.08. The van der Waals surface area contributed by atoms with Crippen LogP contribution in [0.3, 0.4) is 0 Å². The average Bonchev–Trinajstić information content (AvgIpc) is 2.77. The number of nitrogens with zero attached hydrogens (tertiary/aromatic N) is 4. The van der Waals surface area contributed by atoms with Crippen LogP contribution in [0.5, 0.6) is 0 Å². The Balaban J connectivity index is 0.00000156. The average molecular weight is 387 g/mol. The van der Waals surface area contributed by atoms with E-state index in [9.17, 15) is 0 Å². The Kier molecular flexibility index (Phi) is 8.12. The highest BCUT2D eigenvalue weighted by Gasteiger charge is 2.23. The number of halogens is 2. The minimum absolute atomic E-state index is 0. The second-order valence-corrected chi connectivity index (χ2v) is 6.56. The first-order chi connectivity index (χ1) is 11.1. The van der Waals surface area contributed by atoms with Gasteiger partial charge in [-0.2, -0.15) is 0 Å². The van der Waals surface area contributed by atoms with Crippen molar-refractivity contribution in [2.45, 2.75) is 39.7 Å². The van der Waals surface area contributed by atoms with Crippen LogP contribution in [-0.4, -0.2) is 32.6 Å². The van der Waals surface area contributed by atoms with Crippen molar-refractivity contribution < 1.29 is 0 Å². The van der Waals surface area contributed by atoms with E-state index in [0.29, 0.717) is 5.92 Å². The Labute approximate surface area is 162 Å². The molecule has 3 rings (SSSR count). The zero-order valence-electron chi connectivity index (χ0n) is 15.2. The summed E-state index contributed by atoms with van der Waals surface area (Å²) in [6, 6.07) is 0.129. The van der Waals surface area contributed by atoms with Crippen LogP contribution in [0.1, 0.15) is 42.8 Å². The van der Waals surface area contributed by atoms with Gasteiger partial charge in [0.1, 0.15) is 17.5 Å². The Hall–Kier alpha value is -1.37. The van der Waals surface area contributed by atoms with E-state index in [0.717, 1.165) is 43.4 Å². The predicted octanol–water partition coefficient (Wildman–Crippen LogP) is 2.86. The first kappa shape index (κ1) is 21.7. The highest BCUT2D eigenvalue weighted by atomic mass is 35.5. The number of aryl methyl sites for hydroxylation is 2. The fraction of sp³-hybridized carbons (Fsp3) is 0.588. The molecular weight excluding hydrogens is 359 g/mol. The van der Waals surface area contributed by atoms with Gasteiger partial charge in [0.25, 0.3) is 0 Å². The zero-order valence-corrected chi connectivity index (χ0v) is 16.9. The molecule has 3 heterocycles. The van der Waals surface area contributed by atoms with Gasteiger partial charge in [-0.1, -0.05) is 13.8 Å². The van der Waals surface area contributed by atoms with Gasteiger partial charge in [-0.05, 0) is 25.8 Å². The van der Waals surface area contributed by atoms with E-state index in [-0.39, 0.29) is 30.9 Å². The standard InChI is InChI=1S/C17H26N6.2ClH/c1-11(2)15(17-19-9-10-23(17)4)22-16-13-5-7-18-8-6-14(13)20-12(3)21-16;;/h9-11,15,18H,5-8H2,1-4H3,(H,20,21,22);2*1H. The molecule has 0 spiro atoms. The third-order valence-electron chi connectivity index (χ3n) is 4.39. The molecule has 0 saturated heterocycles. The van der Waals surface area contributed by atoms with Crippen LogP contribution in [0.25, 0.3) is 0 Å². The summed E-state index contributed by atoms with van der Waals surface area (Å²) in [5.74, 6) is 3.25. The number of hydrogen-bond acceptors (Lipinski definition) is 5. The molecule has 0 fully saturated rings. The molecule has 6 nitrogen and oxygen atoms in total. The van der Waals surface area contributed by atoms with Gasteiger partial charge >= 0.3 is 0 Å². The molecule has 2 aromatic heterocycles. The maximum absolute atomic E-state index is 4.70. The molecule has 0 saturated carbocycles. The maximum Gasteiger partial charge on any atom is 0.133 e. The van der Waals surface area contributed by atoms with Gasteiger partial charge in [0, 0.05) is 38.0 Å². The van der Waals surface area contributed by atoms with Crippen molar-refractivity contribution >= 4 is 30.6 Å². The molecule has 1 atom stereocenters. The summed E-state index contributed by atoms with van der Waals surface area (Å²) in [5.41, 5.74) is 2.42. The lowest BCUT2D eigenvalue weighted by Gasteiger charge is -2.24. The molecular formula is C17H28Cl2N6. The number of hydrogen-bond donors (Lipinski definition) is 2. The summed E-state index contributed by atoms with van der Waals surface area (Å²) >= 11 is 0. The molecule has 2 N–H and O–H groups in total. The van der Waals surface area contributed by atoms with Crippen LogP contribution < -0.4 is 10.6 Å². The molecule has 8 heteroatoms. The summed E-state index contributed by atoms with van der Waals surface area (Å²) in [7, 11) is 2.04. The van der Waals surface area contributed by atoms with Gasteiger partial charge in [-0.3, -0.25) is 0 Å². The van der Waals surface area contributed by atoms with Gasteiger partial charge in [0.15, 0.2) is 0 Å². The van der Waals surface area contributed by atoms with E-state index < -0.39 is 0 Å². The minimum atomic E-state index is 0. The first-order valence-corrected chi connectivity index (χ1v) is 8.37.